The average molecular weight is 880 g/mol. The predicted octanol–water partition coefficient (Wildman–Crippen LogP) is 6.03. The number of nitro groups is 4. The molecule has 2 aromatic heterocycles. The molecular weight excluding hydrogens is 850 g/mol. The number of nitrogens with zero attached hydrogens (tertiary/aromatic N) is 7. The van der Waals surface area contributed by atoms with Crippen molar-refractivity contribution >= 4 is 57.5 Å². The predicted molar refractivity (Wildman–Crippen MR) is 215 cm³/mol. The maximum absolute atomic E-state index is 14.1. The molecule has 0 radical (unpaired) electrons. The topological polar surface area (TPSA) is 317 Å². The van der Waals surface area contributed by atoms with Gasteiger partial charge in [0.25, 0.3) is 28.3 Å². The van der Waals surface area contributed by atoms with Gasteiger partial charge in [-0.15, -0.1) is 0 Å². The number of ether oxygens (including phenoxy) is 4. The van der Waals surface area contributed by atoms with Gasteiger partial charge in [-0.1, -0.05) is 12.1 Å². The normalized spacial score (nSPS) is 15.4. The van der Waals surface area contributed by atoms with Gasteiger partial charge in [0.05, 0.1) is 72.0 Å². The van der Waals surface area contributed by atoms with Gasteiger partial charge >= 0.3 is 18.1 Å². The fourth-order valence-corrected chi connectivity index (χ4v) is 7.79. The van der Waals surface area contributed by atoms with Crippen molar-refractivity contribution in [1.82, 2.24) is 9.55 Å². The third-order valence-electron chi connectivity index (χ3n) is 10.4. The summed E-state index contributed by atoms with van der Waals surface area (Å²) < 4.78 is 23.1. The van der Waals surface area contributed by atoms with Gasteiger partial charge in [-0.25, -0.2) is 19.4 Å². The van der Waals surface area contributed by atoms with Crippen LogP contribution in [0, 0.1) is 40.5 Å². The summed E-state index contributed by atoms with van der Waals surface area (Å²) in [5, 5.41) is 52.2. The molecule has 1 aliphatic carbocycles. The van der Waals surface area contributed by atoms with Crippen LogP contribution >= 0.6 is 0 Å². The van der Waals surface area contributed by atoms with E-state index >= 15 is 0 Å². The van der Waals surface area contributed by atoms with E-state index in [9.17, 15) is 59.6 Å². The molecule has 0 fully saturated rings. The molecule has 24 heteroatoms. The zero-order valence-corrected chi connectivity index (χ0v) is 33.6. The molecule has 0 saturated carbocycles. The minimum atomic E-state index is -2.22. The Labute approximate surface area is 356 Å². The van der Waals surface area contributed by atoms with E-state index in [1.807, 2.05) is 0 Å². The Morgan fingerprint density at radius 1 is 0.875 bits per heavy atom. The lowest BCUT2D eigenvalue weighted by atomic mass is 9.85. The van der Waals surface area contributed by atoms with Gasteiger partial charge in [0.2, 0.25) is 12.2 Å². The Hall–Kier alpha value is -8.70. The van der Waals surface area contributed by atoms with Crippen LogP contribution in [-0.4, -0.2) is 65.3 Å². The molecule has 326 valence electrons. The van der Waals surface area contributed by atoms with E-state index in [2.05, 4.69) is 5.16 Å². The van der Waals surface area contributed by atoms with E-state index in [-0.39, 0.29) is 35.5 Å². The number of non-ortho nitro benzene ring substituents is 2. The van der Waals surface area contributed by atoms with Crippen LogP contribution in [-0.2, 0) is 47.4 Å². The van der Waals surface area contributed by atoms with Crippen molar-refractivity contribution in [3.63, 3.8) is 0 Å². The van der Waals surface area contributed by atoms with E-state index in [4.69, 9.17) is 28.8 Å². The molecule has 24 nitrogen and oxygen atoms in total. The summed E-state index contributed by atoms with van der Waals surface area (Å²) in [4.78, 5) is 107. The van der Waals surface area contributed by atoms with Gasteiger partial charge < -0.3 is 28.4 Å². The Morgan fingerprint density at radius 3 is 2.06 bits per heavy atom. The number of fused-ring (bicyclic) bond motifs is 8. The second-order valence-electron chi connectivity index (χ2n) is 15.5. The lowest BCUT2D eigenvalue weighted by Crippen LogP contribution is -2.48. The summed E-state index contributed by atoms with van der Waals surface area (Å²) in [5.74, 6) is -2.13. The molecule has 5 aromatic rings. The number of aromatic nitrogens is 2. The van der Waals surface area contributed by atoms with Crippen LogP contribution < -0.4 is 10.3 Å². The molecule has 0 bridgehead atoms. The van der Waals surface area contributed by atoms with Crippen molar-refractivity contribution in [3.8, 4) is 28.3 Å². The Kier molecular flexibility index (Phi) is 9.87. The SMILES string of the molecule is CC[C@@]1(OC(=O)CON=C2c3cc([N+](=O)[O-])cc([N+](=O)[O-])c3-c3c2cc([N+](=O)[O-])cc3[N+](=O)[O-])C(=O)OCc2c1cc1n(c2=O)Cc2cc3cc(OC(=O)OC(C)(C)C)ccc3nc2-1. The number of oxime groups is 1. The van der Waals surface area contributed by atoms with E-state index < -0.39 is 118 Å². The minimum absolute atomic E-state index is 0.00379. The number of carbonyl (C=O) groups is 3. The monoisotopic (exact) mass is 879 g/mol. The molecule has 0 unspecified atom stereocenters. The Balaban J connectivity index is 1.13. The third kappa shape index (κ3) is 7.00. The molecule has 4 heterocycles. The highest BCUT2D eigenvalue weighted by atomic mass is 16.7. The smallest absolute Gasteiger partial charge is 0.457 e. The lowest BCUT2D eigenvalue weighted by molar-refractivity contribution is -0.395. The molecular formula is C40H29N7O17. The molecule has 0 saturated heterocycles. The summed E-state index contributed by atoms with van der Waals surface area (Å²) >= 11 is 0. The van der Waals surface area contributed by atoms with Crippen molar-refractivity contribution in [2.75, 3.05) is 6.61 Å². The van der Waals surface area contributed by atoms with Crippen molar-refractivity contribution < 1.29 is 57.9 Å². The van der Waals surface area contributed by atoms with Gasteiger partial charge in [-0.3, -0.25) is 45.3 Å². The van der Waals surface area contributed by atoms with Crippen LogP contribution in [0.5, 0.6) is 5.75 Å². The van der Waals surface area contributed by atoms with Gasteiger partial charge in [0.15, 0.2) is 0 Å². The van der Waals surface area contributed by atoms with Crippen molar-refractivity contribution in [3.05, 3.63) is 133 Å². The number of cyclic esters (lactones) is 1. The van der Waals surface area contributed by atoms with Gasteiger partial charge in [0.1, 0.15) is 23.7 Å². The van der Waals surface area contributed by atoms with Gasteiger partial charge in [0, 0.05) is 39.8 Å². The summed E-state index contributed by atoms with van der Waals surface area (Å²) in [6.07, 6.45) is -1.17. The van der Waals surface area contributed by atoms with Crippen LogP contribution in [0.25, 0.3) is 33.4 Å². The molecule has 64 heavy (non-hydrogen) atoms. The number of benzene rings is 3. The highest BCUT2D eigenvalue weighted by Crippen LogP contribution is 2.50. The first kappa shape index (κ1) is 42.0. The quantitative estimate of drug-likeness (QED) is 0.0498. The summed E-state index contributed by atoms with van der Waals surface area (Å²) in [6, 6.07) is 10.6. The van der Waals surface area contributed by atoms with E-state index in [0.717, 1.165) is 12.1 Å². The highest BCUT2D eigenvalue weighted by molar-refractivity contribution is 6.27. The zero-order valence-electron chi connectivity index (χ0n) is 33.6. The van der Waals surface area contributed by atoms with Gasteiger partial charge in [-0.05, 0) is 57.5 Å². The first-order valence-electron chi connectivity index (χ1n) is 18.9. The molecule has 3 aliphatic rings. The number of carbonyl (C=O) groups excluding carboxylic acids is 3. The van der Waals surface area contributed by atoms with Crippen LogP contribution in [0.1, 0.15) is 61.9 Å². The Bertz CT molecular complexity index is 3010. The van der Waals surface area contributed by atoms with Gasteiger partial charge in [-0.2, -0.15) is 0 Å². The number of esters is 2. The number of pyridine rings is 2. The first-order chi connectivity index (χ1) is 30.2. The number of hydrogen-bond donors (Lipinski definition) is 0. The van der Waals surface area contributed by atoms with E-state index in [0.29, 0.717) is 34.3 Å². The molecule has 3 aromatic carbocycles. The standard InChI is InChI=1S/C40H29N7O17/c1-5-40(63-31(48)17-61-42-35-23-10-20(44(52)53)12-28(46(56)57)32(23)33-24(35)11-21(45(54)55)13-29(33)47(58)59)26-14-30-34-19(15-43(30)36(49)25(26)16-60-37(40)50)8-18-9-22(6-7-27(18)41-34)62-38(51)64-39(2,3)4/h6-14H,5,15-17H2,1-4H3/t40-/m0/s1. The summed E-state index contributed by atoms with van der Waals surface area (Å²) in [6.45, 7) is 5.01. The molecule has 0 spiro atoms. The van der Waals surface area contributed by atoms with Crippen molar-refractivity contribution in [2.45, 2.75) is 58.5 Å². The first-order valence-corrected chi connectivity index (χ1v) is 18.9. The van der Waals surface area contributed by atoms with Crippen molar-refractivity contribution in [1.29, 1.82) is 0 Å². The fraction of sp³-hybridized carbons (Fsp3) is 0.250. The fourth-order valence-electron chi connectivity index (χ4n) is 7.79. The van der Waals surface area contributed by atoms with E-state index in [1.165, 1.54) is 23.6 Å². The molecule has 2 aliphatic heterocycles. The lowest BCUT2D eigenvalue weighted by Gasteiger charge is -2.35. The van der Waals surface area contributed by atoms with Crippen LogP contribution in [0.4, 0.5) is 27.5 Å². The maximum atomic E-state index is 14.1. The van der Waals surface area contributed by atoms with E-state index in [1.54, 1.807) is 39.0 Å². The second kappa shape index (κ2) is 15.0. The number of nitro benzene ring substituents is 4. The highest BCUT2D eigenvalue weighted by Gasteiger charge is 2.51. The molecule has 0 amide bonds. The maximum Gasteiger partial charge on any atom is 0.514 e. The molecule has 0 N–H and O–H groups in total. The van der Waals surface area contributed by atoms with Crippen molar-refractivity contribution in [2.24, 2.45) is 5.16 Å². The number of rotatable bonds is 10. The van der Waals surface area contributed by atoms with Crippen LogP contribution in [0.3, 0.4) is 0 Å². The summed E-state index contributed by atoms with van der Waals surface area (Å²) in [7, 11) is 0. The zero-order chi connectivity index (χ0) is 46.2. The van der Waals surface area contributed by atoms with Crippen LogP contribution in [0.2, 0.25) is 0 Å². The Morgan fingerprint density at radius 2 is 1.50 bits per heavy atom. The number of hydrogen-bond acceptors (Lipinski definition) is 19. The average Bonchev–Trinajstić information content (AvgIpc) is 3.74. The molecule has 8 rings (SSSR count). The summed E-state index contributed by atoms with van der Waals surface area (Å²) in [5.41, 5.74) is -7.99. The second-order valence-corrected chi connectivity index (χ2v) is 15.5. The molecule has 1 atom stereocenters. The minimum Gasteiger partial charge on any atom is -0.457 e. The third-order valence-corrected chi connectivity index (χ3v) is 10.4. The van der Waals surface area contributed by atoms with Crippen LogP contribution in [0.15, 0.2) is 64.5 Å². The largest absolute Gasteiger partial charge is 0.514 e.